The van der Waals surface area contributed by atoms with Crippen molar-refractivity contribution in [3.8, 4) is 17.9 Å². The van der Waals surface area contributed by atoms with Gasteiger partial charge in [0.15, 0.2) is 0 Å². The van der Waals surface area contributed by atoms with Gasteiger partial charge in [-0.05, 0) is 24.6 Å². The number of aryl methyl sites for hydroxylation is 1. The van der Waals surface area contributed by atoms with Gasteiger partial charge in [-0.3, -0.25) is 5.43 Å². The van der Waals surface area contributed by atoms with E-state index in [1.54, 1.807) is 19.1 Å². The minimum atomic E-state index is -1.17. The number of carboxylic acid groups (broad SMARTS) is 1. The molecule has 7 nitrogen and oxygen atoms in total. The highest BCUT2D eigenvalue weighted by Crippen LogP contribution is 2.26. The fraction of sp³-hybridized carbons (Fsp3) is 0.167. The second kappa shape index (κ2) is 6.03. The Kier molecular flexibility index (Phi) is 4.44. The zero-order valence-electron chi connectivity index (χ0n) is 10.3. The number of nitrogens with zero attached hydrogens (tertiary/aromatic N) is 3. The number of rotatable bonds is 4. The van der Waals surface area contributed by atoms with Crippen LogP contribution in [0.15, 0.2) is 17.2 Å². The van der Waals surface area contributed by atoms with Crippen LogP contribution >= 0.6 is 0 Å². The van der Waals surface area contributed by atoms with Crippen molar-refractivity contribution in [2.24, 2.45) is 5.10 Å². The summed E-state index contributed by atoms with van der Waals surface area (Å²) in [5.74, 6) is -0.751. The largest absolute Gasteiger partial charge is 0.496 e. The van der Waals surface area contributed by atoms with Gasteiger partial charge in [-0.1, -0.05) is 0 Å². The van der Waals surface area contributed by atoms with Crippen LogP contribution in [0.5, 0.6) is 5.75 Å². The van der Waals surface area contributed by atoms with E-state index in [0.29, 0.717) is 11.3 Å². The predicted octanol–water partition coefficient (Wildman–Crippen LogP) is 1.52. The number of nitriles is 2. The summed E-state index contributed by atoms with van der Waals surface area (Å²) in [6.07, 6.45) is 0. The molecule has 0 amide bonds. The highest BCUT2D eigenvalue weighted by atomic mass is 16.5. The van der Waals surface area contributed by atoms with Crippen molar-refractivity contribution < 1.29 is 14.6 Å². The summed E-state index contributed by atoms with van der Waals surface area (Å²) in [4.78, 5) is 11.1. The lowest BCUT2D eigenvalue weighted by Crippen LogP contribution is -2.05. The molecule has 0 aromatic heterocycles. The van der Waals surface area contributed by atoms with E-state index in [4.69, 9.17) is 20.4 Å². The van der Waals surface area contributed by atoms with Gasteiger partial charge in [0, 0.05) is 0 Å². The second-order valence-corrected chi connectivity index (χ2v) is 3.47. The van der Waals surface area contributed by atoms with Gasteiger partial charge < -0.3 is 9.84 Å². The number of hydrazone groups is 1. The Morgan fingerprint density at radius 3 is 2.53 bits per heavy atom. The SMILES string of the molecule is COc1cc(C(=O)O)c(NN=C(C#N)C#N)cc1C. The molecule has 0 unspecified atom stereocenters. The topological polar surface area (TPSA) is 118 Å². The summed E-state index contributed by atoms with van der Waals surface area (Å²) >= 11 is 0. The molecule has 1 aromatic carbocycles. The Bertz CT molecular complexity index is 607. The Labute approximate surface area is 109 Å². The van der Waals surface area contributed by atoms with Crippen molar-refractivity contribution in [2.75, 3.05) is 12.5 Å². The number of nitrogens with one attached hydrogen (secondary N) is 1. The third kappa shape index (κ3) is 3.20. The first-order valence-corrected chi connectivity index (χ1v) is 5.09. The molecule has 1 aromatic rings. The lowest BCUT2D eigenvalue weighted by molar-refractivity contribution is 0.0697. The number of aromatic carboxylic acids is 1. The van der Waals surface area contributed by atoms with Crippen molar-refractivity contribution in [3.05, 3.63) is 23.3 Å². The molecule has 7 heteroatoms. The van der Waals surface area contributed by atoms with Crippen molar-refractivity contribution in [3.63, 3.8) is 0 Å². The Hall–Kier alpha value is -3.06. The molecule has 0 heterocycles. The summed E-state index contributed by atoms with van der Waals surface area (Å²) in [6.45, 7) is 1.73. The van der Waals surface area contributed by atoms with Crippen LogP contribution in [0.2, 0.25) is 0 Å². The van der Waals surface area contributed by atoms with Crippen LogP contribution in [0.4, 0.5) is 5.69 Å². The molecule has 96 valence electrons. The predicted molar refractivity (Wildman–Crippen MR) is 67.0 cm³/mol. The molecule has 0 atom stereocenters. The smallest absolute Gasteiger partial charge is 0.338 e. The maximum Gasteiger partial charge on any atom is 0.338 e. The summed E-state index contributed by atoms with van der Waals surface area (Å²) < 4.78 is 5.03. The normalized spacial score (nSPS) is 8.84. The fourth-order valence-corrected chi connectivity index (χ4v) is 1.37. The quantitative estimate of drug-likeness (QED) is 0.624. The number of carboxylic acids is 1. The molecule has 0 saturated carbocycles. The highest BCUT2D eigenvalue weighted by Gasteiger charge is 2.13. The van der Waals surface area contributed by atoms with Crippen LogP contribution < -0.4 is 10.2 Å². The zero-order chi connectivity index (χ0) is 14.4. The van der Waals surface area contributed by atoms with E-state index in [-0.39, 0.29) is 11.3 Å². The molecular formula is C12H10N4O3. The Morgan fingerprint density at radius 2 is 2.05 bits per heavy atom. The Balaban J connectivity index is 3.25. The maximum absolute atomic E-state index is 11.1. The van der Waals surface area contributed by atoms with Gasteiger partial charge in [-0.2, -0.15) is 15.6 Å². The van der Waals surface area contributed by atoms with Crippen molar-refractivity contribution in [1.29, 1.82) is 10.5 Å². The summed E-state index contributed by atoms with van der Waals surface area (Å²) in [5.41, 5.74) is 2.80. The van der Waals surface area contributed by atoms with Crippen LogP contribution in [-0.2, 0) is 0 Å². The first-order chi connectivity index (χ1) is 9.03. The number of benzene rings is 1. The van der Waals surface area contributed by atoms with Gasteiger partial charge in [0.05, 0.1) is 18.4 Å². The molecule has 0 aliphatic rings. The van der Waals surface area contributed by atoms with E-state index in [2.05, 4.69) is 10.5 Å². The molecule has 1 rings (SSSR count). The van der Waals surface area contributed by atoms with E-state index < -0.39 is 11.7 Å². The molecule has 0 aliphatic heterocycles. The molecule has 0 radical (unpaired) electrons. The lowest BCUT2D eigenvalue weighted by atomic mass is 10.1. The molecular weight excluding hydrogens is 248 g/mol. The van der Waals surface area contributed by atoms with E-state index in [1.165, 1.54) is 19.2 Å². The number of methoxy groups -OCH3 is 1. The molecule has 0 saturated heterocycles. The molecule has 0 fully saturated rings. The van der Waals surface area contributed by atoms with E-state index in [0.717, 1.165) is 0 Å². The monoisotopic (exact) mass is 258 g/mol. The number of anilines is 1. The number of hydrogen-bond acceptors (Lipinski definition) is 6. The minimum Gasteiger partial charge on any atom is -0.496 e. The average molecular weight is 258 g/mol. The van der Waals surface area contributed by atoms with Gasteiger partial charge >= 0.3 is 5.97 Å². The summed E-state index contributed by atoms with van der Waals surface area (Å²) in [6, 6.07) is 5.98. The zero-order valence-corrected chi connectivity index (χ0v) is 10.3. The minimum absolute atomic E-state index is 0.0681. The summed E-state index contributed by atoms with van der Waals surface area (Å²) in [5, 5.41) is 29.7. The van der Waals surface area contributed by atoms with Gasteiger partial charge in [0.1, 0.15) is 17.9 Å². The molecule has 0 spiro atoms. The van der Waals surface area contributed by atoms with Gasteiger partial charge in [-0.25, -0.2) is 4.79 Å². The Morgan fingerprint density at radius 1 is 1.42 bits per heavy atom. The number of ether oxygens (including phenoxy) is 1. The molecule has 19 heavy (non-hydrogen) atoms. The second-order valence-electron chi connectivity index (χ2n) is 3.47. The third-order valence-corrected chi connectivity index (χ3v) is 2.27. The maximum atomic E-state index is 11.1. The fourth-order valence-electron chi connectivity index (χ4n) is 1.37. The van der Waals surface area contributed by atoms with Crippen LogP contribution in [0.3, 0.4) is 0 Å². The average Bonchev–Trinajstić information content (AvgIpc) is 2.39. The van der Waals surface area contributed by atoms with Crippen molar-refractivity contribution >= 4 is 17.4 Å². The van der Waals surface area contributed by atoms with E-state index in [1.807, 2.05) is 0 Å². The molecule has 0 aliphatic carbocycles. The van der Waals surface area contributed by atoms with Crippen molar-refractivity contribution in [1.82, 2.24) is 0 Å². The molecule has 0 bridgehead atoms. The van der Waals surface area contributed by atoms with E-state index >= 15 is 0 Å². The number of carbonyl (C=O) groups is 1. The van der Waals surface area contributed by atoms with Crippen LogP contribution in [0.1, 0.15) is 15.9 Å². The van der Waals surface area contributed by atoms with Crippen LogP contribution in [0, 0.1) is 29.6 Å². The van der Waals surface area contributed by atoms with Gasteiger partial charge in [0.25, 0.3) is 0 Å². The standard InChI is InChI=1S/C12H10N4O3/c1-7-3-10(16-15-8(5-13)6-14)9(12(17)18)4-11(7)19-2/h3-4,16H,1-2H3,(H,17,18). The first kappa shape index (κ1) is 14.0. The van der Waals surface area contributed by atoms with Crippen LogP contribution in [0.25, 0.3) is 0 Å². The summed E-state index contributed by atoms with van der Waals surface area (Å²) in [7, 11) is 1.43. The van der Waals surface area contributed by atoms with Crippen molar-refractivity contribution in [2.45, 2.75) is 6.92 Å². The lowest BCUT2D eigenvalue weighted by Gasteiger charge is -2.10. The van der Waals surface area contributed by atoms with Gasteiger partial charge in [-0.15, -0.1) is 0 Å². The molecule has 2 N–H and O–H groups in total. The van der Waals surface area contributed by atoms with Crippen LogP contribution in [-0.4, -0.2) is 23.9 Å². The highest BCUT2D eigenvalue weighted by molar-refractivity contribution is 6.10. The van der Waals surface area contributed by atoms with E-state index in [9.17, 15) is 4.79 Å². The van der Waals surface area contributed by atoms with Gasteiger partial charge in [0.2, 0.25) is 5.71 Å². The number of hydrogen-bond donors (Lipinski definition) is 2. The first-order valence-electron chi connectivity index (χ1n) is 5.09. The third-order valence-electron chi connectivity index (χ3n) is 2.27.